The van der Waals surface area contributed by atoms with Gasteiger partial charge in [0.25, 0.3) is 0 Å². The molecule has 0 aliphatic heterocycles. The molecule has 0 amide bonds. The summed E-state index contributed by atoms with van der Waals surface area (Å²) in [5.74, 6) is 0.259. The van der Waals surface area contributed by atoms with Gasteiger partial charge in [0, 0.05) is 15.7 Å². The highest BCUT2D eigenvalue weighted by Crippen LogP contribution is 2.29. The average molecular weight is 343 g/mol. The van der Waals surface area contributed by atoms with Crippen LogP contribution in [0.4, 0.5) is 0 Å². The maximum atomic E-state index is 11.7. The number of phenolic OH excluding ortho intramolecular Hbond substituents is 1. The van der Waals surface area contributed by atoms with Crippen LogP contribution in [0.3, 0.4) is 0 Å². The van der Waals surface area contributed by atoms with E-state index in [-0.39, 0.29) is 12.4 Å². The Bertz CT molecular complexity index is 629. The van der Waals surface area contributed by atoms with Crippen molar-refractivity contribution < 1.29 is 14.6 Å². The van der Waals surface area contributed by atoms with Gasteiger partial charge < -0.3 is 9.84 Å². The summed E-state index contributed by atoms with van der Waals surface area (Å²) in [5.41, 5.74) is 0.401. The van der Waals surface area contributed by atoms with E-state index in [1.807, 2.05) is 0 Å². The fourth-order valence-electron chi connectivity index (χ4n) is 1.55. The van der Waals surface area contributed by atoms with Crippen molar-refractivity contribution in [2.45, 2.75) is 4.90 Å². The minimum Gasteiger partial charge on any atom is -0.508 e. The summed E-state index contributed by atoms with van der Waals surface area (Å²) in [5, 5.41) is 10.4. The molecule has 0 spiro atoms. The smallest absolute Gasteiger partial charge is 0.338 e. The molecule has 2 aromatic rings. The second kappa shape index (κ2) is 7.59. The fraction of sp³-hybridized carbons (Fsp3) is 0.133. The number of aromatic hydroxyl groups is 1. The molecule has 0 aliphatic carbocycles. The molecule has 0 saturated carbocycles. The van der Waals surface area contributed by atoms with Crippen molar-refractivity contribution in [1.82, 2.24) is 0 Å². The molecule has 2 aromatic carbocycles. The van der Waals surface area contributed by atoms with Crippen LogP contribution in [0.25, 0.3) is 0 Å². The minimum absolute atomic E-state index is 0.109. The standard InChI is InChI=1S/C15H12Cl2O3S/c16-11-3-6-13(17)14(9-11)21-8-7-20-15(19)10-1-4-12(18)5-2-10/h1-6,9,18H,7-8H2. The average Bonchev–Trinajstić information content (AvgIpc) is 2.47. The van der Waals surface area contributed by atoms with E-state index < -0.39 is 5.97 Å². The van der Waals surface area contributed by atoms with E-state index in [0.29, 0.717) is 21.4 Å². The molecule has 0 heterocycles. The number of esters is 1. The van der Waals surface area contributed by atoms with E-state index in [2.05, 4.69) is 0 Å². The van der Waals surface area contributed by atoms with Gasteiger partial charge in [-0.1, -0.05) is 23.2 Å². The largest absolute Gasteiger partial charge is 0.508 e. The van der Waals surface area contributed by atoms with E-state index in [1.54, 1.807) is 18.2 Å². The van der Waals surface area contributed by atoms with Gasteiger partial charge in [0.2, 0.25) is 0 Å². The second-order valence-electron chi connectivity index (χ2n) is 4.11. The topological polar surface area (TPSA) is 46.5 Å². The Morgan fingerprint density at radius 3 is 2.57 bits per heavy atom. The predicted molar refractivity (Wildman–Crippen MR) is 85.6 cm³/mol. The molecule has 0 aromatic heterocycles. The van der Waals surface area contributed by atoms with Gasteiger partial charge in [-0.3, -0.25) is 0 Å². The molecule has 0 bridgehead atoms. The van der Waals surface area contributed by atoms with Gasteiger partial charge in [0.05, 0.1) is 10.6 Å². The van der Waals surface area contributed by atoms with Crippen LogP contribution >= 0.6 is 35.0 Å². The Hall–Kier alpha value is -1.36. The SMILES string of the molecule is O=C(OCCSc1cc(Cl)ccc1Cl)c1ccc(O)cc1. The maximum absolute atomic E-state index is 11.7. The van der Waals surface area contributed by atoms with Crippen LogP contribution in [0.15, 0.2) is 47.4 Å². The summed E-state index contributed by atoms with van der Waals surface area (Å²) in [7, 11) is 0. The third-order valence-electron chi connectivity index (χ3n) is 2.57. The van der Waals surface area contributed by atoms with Gasteiger partial charge in [0.1, 0.15) is 12.4 Å². The summed E-state index contributed by atoms with van der Waals surface area (Å²) in [6.07, 6.45) is 0. The number of benzene rings is 2. The van der Waals surface area contributed by atoms with Crippen LogP contribution in [-0.4, -0.2) is 23.4 Å². The number of carbonyl (C=O) groups is 1. The molecule has 21 heavy (non-hydrogen) atoms. The number of phenols is 1. The highest BCUT2D eigenvalue weighted by molar-refractivity contribution is 7.99. The first-order valence-electron chi connectivity index (χ1n) is 6.10. The summed E-state index contributed by atoms with van der Waals surface area (Å²) in [6, 6.07) is 11.1. The van der Waals surface area contributed by atoms with Crippen LogP contribution in [0.2, 0.25) is 10.0 Å². The highest BCUT2D eigenvalue weighted by atomic mass is 35.5. The number of hydrogen-bond donors (Lipinski definition) is 1. The Balaban J connectivity index is 1.80. The number of carbonyl (C=O) groups excluding carboxylic acids is 1. The third-order valence-corrected chi connectivity index (χ3v) is 4.27. The molecule has 0 aliphatic rings. The zero-order valence-electron chi connectivity index (χ0n) is 10.9. The van der Waals surface area contributed by atoms with Crippen molar-refractivity contribution in [3.05, 3.63) is 58.1 Å². The minimum atomic E-state index is -0.423. The predicted octanol–water partition coefficient (Wildman–Crippen LogP) is 4.65. The summed E-state index contributed by atoms with van der Waals surface area (Å²) >= 11 is 13.4. The van der Waals surface area contributed by atoms with E-state index in [0.717, 1.165) is 4.90 Å². The molecule has 0 saturated heterocycles. The zero-order chi connectivity index (χ0) is 15.2. The van der Waals surface area contributed by atoms with Crippen molar-refractivity contribution in [2.24, 2.45) is 0 Å². The first kappa shape index (κ1) is 16.0. The third kappa shape index (κ3) is 4.84. The van der Waals surface area contributed by atoms with Crippen LogP contribution < -0.4 is 0 Å². The Kier molecular flexibility index (Phi) is 5.79. The maximum Gasteiger partial charge on any atom is 0.338 e. The Morgan fingerprint density at radius 2 is 1.86 bits per heavy atom. The number of thioether (sulfide) groups is 1. The van der Waals surface area contributed by atoms with Crippen molar-refractivity contribution in [3.63, 3.8) is 0 Å². The summed E-state index contributed by atoms with van der Waals surface area (Å²) in [4.78, 5) is 12.6. The van der Waals surface area contributed by atoms with Crippen molar-refractivity contribution >= 4 is 40.9 Å². The molecule has 0 unspecified atom stereocenters. The number of halogens is 2. The molecule has 6 heteroatoms. The fourth-order valence-corrected chi connectivity index (χ4v) is 2.88. The second-order valence-corrected chi connectivity index (χ2v) is 6.09. The van der Waals surface area contributed by atoms with Gasteiger partial charge in [-0.25, -0.2) is 4.79 Å². The van der Waals surface area contributed by atoms with Crippen LogP contribution in [0.5, 0.6) is 5.75 Å². The van der Waals surface area contributed by atoms with Gasteiger partial charge in [-0.15, -0.1) is 11.8 Å². The molecular formula is C15H12Cl2O3S. The van der Waals surface area contributed by atoms with E-state index >= 15 is 0 Å². The molecule has 1 N–H and O–H groups in total. The van der Waals surface area contributed by atoms with Gasteiger partial charge in [-0.05, 0) is 42.5 Å². The van der Waals surface area contributed by atoms with Gasteiger partial charge in [-0.2, -0.15) is 0 Å². The molecule has 0 radical (unpaired) electrons. The Labute approximate surface area is 136 Å². The quantitative estimate of drug-likeness (QED) is 0.488. The normalized spacial score (nSPS) is 10.4. The lowest BCUT2D eigenvalue weighted by atomic mass is 10.2. The number of rotatable bonds is 5. The molecule has 0 fully saturated rings. The molecule has 110 valence electrons. The Morgan fingerprint density at radius 1 is 1.14 bits per heavy atom. The summed E-state index contributed by atoms with van der Waals surface area (Å²) in [6.45, 7) is 0.257. The lowest BCUT2D eigenvalue weighted by molar-refractivity contribution is 0.0530. The first-order valence-corrected chi connectivity index (χ1v) is 7.84. The van der Waals surface area contributed by atoms with E-state index in [9.17, 15) is 4.79 Å². The van der Waals surface area contributed by atoms with Crippen molar-refractivity contribution in [1.29, 1.82) is 0 Å². The lowest BCUT2D eigenvalue weighted by Gasteiger charge is -2.06. The van der Waals surface area contributed by atoms with Crippen molar-refractivity contribution in [3.8, 4) is 5.75 Å². The van der Waals surface area contributed by atoms with E-state index in [4.69, 9.17) is 33.0 Å². The molecule has 3 nitrogen and oxygen atoms in total. The van der Waals surface area contributed by atoms with E-state index in [1.165, 1.54) is 36.0 Å². The molecule has 0 atom stereocenters. The summed E-state index contributed by atoms with van der Waals surface area (Å²) < 4.78 is 5.14. The van der Waals surface area contributed by atoms with Gasteiger partial charge >= 0.3 is 5.97 Å². The molecular weight excluding hydrogens is 331 g/mol. The molecule has 2 rings (SSSR count). The number of hydrogen-bond acceptors (Lipinski definition) is 4. The number of ether oxygens (including phenoxy) is 1. The zero-order valence-corrected chi connectivity index (χ0v) is 13.2. The van der Waals surface area contributed by atoms with Crippen LogP contribution in [0.1, 0.15) is 10.4 Å². The van der Waals surface area contributed by atoms with Crippen LogP contribution in [-0.2, 0) is 4.74 Å². The monoisotopic (exact) mass is 342 g/mol. The van der Waals surface area contributed by atoms with Crippen molar-refractivity contribution in [2.75, 3.05) is 12.4 Å². The highest BCUT2D eigenvalue weighted by Gasteiger charge is 2.07. The lowest BCUT2D eigenvalue weighted by Crippen LogP contribution is -2.07. The first-order chi connectivity index (χ1) is 10.1. The van der Waals surface area contributed by atoms with Gasteiger partial charge in [0.15, 0.2) is 0 Å². The van der Waals surface area contributed by atoms with Crippen LogP contribution in [0, 0.1) is 0 Å².